The second-order valence-electron chi connectivity index (χ2n) is 3.71. The molecule has 18 heavy (non-hydrogen) atoms. The predicted molar refractivity (Wildman–Crippen MR) is 52.2 cm³/mol. The third-order valence-corrected chi connectivity index (χ3v) is 4.49. The van der Waals surface area contributed by atoms with E-state index in [0.717, 1.165) is 7.11 Å². The molecule has 0 radical (unpaired) electrons. The van der Waals surface area contributed by atoms with Crippen molar-refractivity contribution < 1.29 is 35.9 Å². The summed E-state index contributed by atoms with van der Waals surface area (Å²) in [6, 6.07) is -1.61. The molecule has 1 saturated heterocycles. The Balaban J connectivity index is 3.11. The SMILES string of the molecule is COC(=O)[C@H]1CS(=O)(=O)[C@H](C(F)(F)F)CC(=O)N1. The van der Waals surface area contributed by atoms with Crippen LogP contribution in [-0.2, 0) is 24.2 Å². The average Bonchev–Trinajstić information content (AvgIpc) is 2.33. The summed E-state index contributed by atoms with van der Waals surface area (Å²) >= 11 is 0. The van der Waals surface area contributed by atoms with Gasteiger partial charge < -0.3 is 10.1 Å². The number of rotatable bonds is 1. The molecule has 104 valence electrons. The monoisotopic (exact) mass is 289 g/mol. The zero-order valence-electron chi connectivity index (χ0n) is 9.15. The molecule has 6 nitrogen and oxygen atoms in total. The standard InChI is InChI=1S/C8H10F3NO5S/c1-17-7(14)4-3-18(15,16)5(8(9,10)11)2-6(13)12-4/h4-5H,2-3H2,1H3,(H,12,13)/t4-,5+/m1/s1. The number of carbonyl (C=O) groups excluding carboxylic acids is 2. The Labute approximate surface area is 100 Å². The molecule has 0 aromatic heterocycles. The van der Waals surface area contributed by atoms with Gasteiger partial charge in [-0.25, -0.2) is 13.2 Å². The number of carbonyl (C=O) groups is 2. The van der Waals surface area contributed by atoms with Crippen molar-refractivity contribution in [3.05, 3.63) is 0 Å². The molecule has 1 rings (SSSR count). The van der Waals surface area contributed by atoms with E-state index < -0.39 is 51.4 Å². The Kier molecular flexibility index (Phi) is 3.89. The van der Waals surface area contributed by atoms with Crippen LogP contribution in [0.15, 0.2) is 0 Å². The van der Waals surface area contributed by atoms with E-state index in [9.17, 15) is 31.2 Å². The van der Waals surface area contributed by atoms with Gasteiger partial charge in [0.1, 0.15) is 6.04 Å². The van der Waals surface area contributed by atoms with E-state index in [0.29, 0.717) is 0 Å². The minimum atomic E-state index is -5.05. The van der Waals surface area contributed by atoms with Crippen LogP contribution >= 0.6 is 0 Å². The van der Waals surface area contributed by atoms with Gasteiger partial charge in [-0.3, -0.25) is 4.79 Å². The highest BCUT2D eigenvalue weighted by Crippen LogP contribution is 2.30. The molecule has 10 heteroatoms. The summed E-state index contributed by atoms with van der Waals surface area (Å²) in [4.78, 5) is 22.3. The molecule has 1 aliphatic heterocycles. The summed E-state index contributed by atoms with van der Waals surface area (Å²) in [6.45, 7) is 0. The largest absolute Gasteiger partial charge is 0.467 e. The van der Waals surface area contributed by atoms with Crippen LogP contribution in [0.5, 0.6) is 0 Å². The van der Waals surface area contributed by atoms with Gasteiger partial charge >= 0.3 is 12.1 Å². The highest BCUT2D eigenvalue weighted by atomic mass is 32.2. The first-order valence-electron chi connectivity index (χ1n) is 4.73. The van der Waals surface area contributed by atoms with Crippen molar-refractivity contribution in [3.8, 4) is 0 Å². The molecule has 0 aromatic rings. The van der Waals surface area contributed by atoms with Gasteiger partial charge in [0.2, 0.25) is 5.91 Å². The van der Waals surface area contributed by atoms with Gasteiger partial charge in [0.05, 0.1) is 19.3 Å². The van der Waals surface area contributed by atoms with Gasteiger partial charge in [-0.1, -0.05) is 0 Å². The van der Waals surface area contributed by atoms with E-state index in [1.165, 1.54) is 0 Å². The van der Waals surface area contributed by atoms with Crippen LogP contribution in [0, 0.1) is 0 Å². The van der Waals surface area contributed by atoms with Crippen LogP contribution in [0.3, 0.4) is 0 Å². The van der Waals surface area contributed by atoms with Crippen LogP contribution in [0.1, 0.15) is 6.42 Å². The van der Waals surface area contributed by atoms with Crippen molar-refractivity contribution >= 4 is 21.7 Å². The van der Waals surface area contributed by atoms with E-state index in [1.807, 2.05) is 5.32 Å². The minimum absolute atomic E-state index is 0.938. The third kappa shape index (κ3) is 3.12. The van der Waals surface area contributed by atoms with Gasteiger partial charge in [0.15, 0.2) is 15.1 Å². The van der Waals surface area contributed by atoms with Gasteiger partial charge in [0.25, 0.3) is 0 Å². The van der Waals surface area contributed by atoms with Crippen LogP contribution in [0.2, 0.25) is 0 Å². The molecule has 0 bridgehead atoms. The Morgan fingerprint density at radius 1 is 1.44 bits per heavy atom. The lowest BCUT2D eigenvalue weighted by molar-refractivity contribution is -0.145. The molecule has 0 saturated carbocycles. The first kappa shape index (κ1) is 14.7. The second-order valence-corrected chi connectivity index (χ2v) is 5.94. The summed E-state index contributed by atoms with van der Waals surface area (Å²) < 4.78 is 64.8. The van der Waals surface area contributed by atoms with E-state index in [2.05, 4.69) is 4.74 Å². The number of hydrogen-bond acceptors (Lipinski definition) is 5. The molecule has 1 N–H and O–H groups in total. The molecule has 1 amide bonds. The number of ether oxygens (including phenoxy) is 1. The van der Waals surface area contributed by atoms with Crippen molar-refractivity contribution in [2.45, 2.75) is 23.9 Å². The lowest BCUT2D eigenvalue weighted by Crippen LogP contribution is -2.44. The highest BCUT2D eigenvalue weighted by molar-refractivity contribution is 7.92. The fourth-order valence-electron chi connectivity index (χ4n) is 1.53. The van der Waals surface area contributed by atoms with E-state index >= 15 is 0 Å². The molecule has 0 spiro atoms. The quantitative estimate of drug-likeness (QED) is 0.651. The normalized spacial score (nSPS) is 28.1. The number of esters is 1. The first-order valence-corrected chi connectivity index (χ1v) is 6.45. The first-order chi connectivity index (χ1) is 8.08. The molecular formula is C8H10F3NO5S. The van der Waals surface area contributed by atoms with Crippen molar-refractivity contribution in [1.29, 1.82) is 0 Å². The maximum Gasteiger partial charge on any atom is 0.405 e. The Hall–Kier alpha value is -1.32. The Morgan fingerprint density at radius 3 is 2.44 bits per heavy atom. The van der Waals surface area contributed by atoms with Gasteiger partial charge in [-0.05, 0) is 0 Å². The number of halogens is 3. The average molecular weight is 289 g/mol. The maximum absolute atomic E-state index is 12.5. The molecule has 1 heterocycles. The van der Waals surface area contributed by atoms with Crippen molar-refractivity contribution in [2.75, 3.05) is 12.9 Å². The number of nitrogens with one attached hydrogen (secondary N) is 1. The summed E-state index contributed by atoms with van der Waals surface area (Å²) in [5.74, 6) is -3.39. The topological polar surface area (TPSA) is 89.5 Å². The molecular weight excluding hydrogens is 279 g/mol. The van der Waals surface area contributed by atoms with Crippen LogP contribution in [0.4, 0.5) is 13.2 Å². The predicted octanol–water partition coefficient (Wildman–Crippen LogP) is -0.606. The van der Waals surface area contributed by atoms with Crippen molar-refractivity contribution in [3.63, 3.8) is 0 Å². The molecule has 0 aliphatic carbocycles. The summed E-state index contributed by atoms with van der Waals surface area (Å²) in [7, 11) is -3.73. The second kappa shape index (κ2) is 4.75. The lowest BCUT2D eigenvalue weighted by Gasteiger charge is -2.17. The van der Waals surface area contributed by atoms with Gasteiger partial charge in [-0.15, -0.1) is 0 Å². The van der Waals surface area contributed by atoms with Gasteiger partial charge in [-0.2, -0.15) is 13.2 Å². The maximum atomic E-state index is 12.5. The minimum Gasteiger partial charge on any atom is -0.467 e. The van der Waals surface area contributed by atoms with E-state index in [-0.39, 0.29) is 0 Å². The van der Waals surface area contributed by atoms with Crippen LogP contribution < -0.4 is 5.32 Å². The fourth-order valence-corrected chi connectivity index (χ4v) is 3.26. The highest BCUT2D eigenvalue weighted by Gasteiger charge is 2.52. The Morgan fingerprint density at radius 2 is 2.00 bits per heavy atom. The molecule has 0 aromatic carbocycles. The number of methoxy groups -OCH3 is 1. The van der Waals surface area contributed by atoms with Crippen LogP contribution in [-0.4, -0.2) is 50.6 Å². The zero-order valence-corrected chi connectivity index (χ0v) is 9.97. The third-order valence-electron chi connectivity index (χ3n) is 2.39. The van der Waals surface area contributed by atoms with Gasteiger partial charge in [0, 0.05) is 0 Å². The van der Waals surface area contributed by atoms with E-state index in [4.69, 9.17) is 0 Å². The van der Waals surface area contributed by atoms with Crippen LogP contribution in [0.25, 0.3) is 0 Å². The molecule has 2 atom stereocenters. The fraction of sp³-hybridized carbons (Fsp3) is 0.750. The molecule has 1 aliphatic rings. The Bertz CT molecular complexity index is 458. The van der Waals surface area contributed by atoms with E-state index in [1.54, 1.807) is 0 Å². The zero-order chi connectivity index (χ0) is 14.1. The number of amides is 1. The number of sulfone groups is 1. The van der Waals surface area contributed by atoms with Crippen molar-refractivity contribution in [2.24, 2.45) is 0 Å². The number of alkyl halides is 3. The number of hydrogen-bond donors (Lipinski definition) is 1. The molecule has 0 unspecified atom stereocenters. The lowest BCUT2D eigenvalue weighted by atomic mass is 10.2. The van der Waals surface area contributed by atoms with Crippen molar-refractivity contribution in [1.82, 2.24) is 5.32 Å². The smallest absolute Gasteiger partial charge is 0.405 e. The summed E-state index contributed by atoms with van der Waals surface area (Å²) in [5, 5.41) is -0.897. The summed E-state index contributed by atoms with van der Waals surface area (Å²) in [6.07, 6.45) is -6.31. The molecule has 1 fully saturated rings. The summed E-state index contributed by atoms with van der Waals surface area (Å²) in [5.41, 5.74) is 0.